The Kier molecular flexibility index (Phi) is 11.5. The first-order chi connectivity index (χ1) is 12.6. The van der Waals surface area contributed by atoms with Crippen LogP contribution in [0.25, 0.3) is 0 Å². The third-order valence-electron chi connectivity index (χ3n) is 3.63. The zero-order valence-corrected chi connectivity index (χ0v) is 16.9. The minimum absolute atomic E-state index is 0.552. The van der Waals surface area contributed by atoms with Crippen molar-refractivity contribution in [2.45, 2.75) is 33.7 Å². The molecule has 0 aromatic heterocycles. The van der Waals surface area contributed by atoms with Crippen molar-refractivity contribution in [3.63, 3.8) is 0 Å². The number of nitrogens with zero attached hydrogens (tertiary/aromatic N) is 1. The zero-order chi connectivity index (χ0) is 19.2. The van der Waals surface area contributed by atoms with Gasteiger partial charge >= 0.3 is 0 Å². The van der Waals surface area contributed by atoms with Crippen LogP contribution in [0.2, 0.25) is 0 Å². The van der Waals surface area contributed by atoms with Gasteiger partial charge in [0.15, 0.2) is 5.96 Å². The maximum Gasteiger partial charge on any atom is 0.191 e. The van der Waals surface area contributed by atoms with Crippen LogP contribution in [0.5, 0.6) is 5.75 Å². The van der Waals surface area contributed by atoms with Crippen molar-refractivity contribution < 1.29 is 14.2 Å². The van der Waals surface area contributed by atoms with Gasteiger partial charge in [0.1, 0.15) is 5.75 Å². The molecule has 0 atom stereocenters. The lowest BCUT2D eigenvalue weighted by Gasteiger charge is -2.16. The Bertz CT molecular complexity index is 533. The summed E-state index contributed by atoms with van der Waals surface area (Å²) >= 11 is 0. The minimum atomic E-state index is 0.552. The van der Waals surface area contributed by atoms with Gasteiger partial charge in [0, 0.05) is 52.4 Å². The summed E-state index contributed by atoms with van der Waals surface area (Å²) in [7, 11) is 3.47. The van der Waals surface area contributed by atoms with Crippen LogP contribution in [0.1, 0.15) is 31.4 Å². The molecular weight excluding hydrogens is 330 g/mol. The van der Waals surface area contributed by atoms with Gasteiger partial charge in [-0.05, 0) is 24.5 Å². The summed E-state index contributed by atoms with van der Waals surface area (Å²) in [5, 5.41) is 6.59. The summed E-state index contributed by atoms with van der Waals surface area (Å²) < 4.78 is 16.6. The Balaban J connectivity index is 2.45. The van der Waals surface area contributed by atoms with E-state index >= 15 is 0 Å². The number of ether oxygens (including phenoxy) is 3. The molecule has 148 valence electrons. The quantitative estimate of drug-likeness (QED) is 0.339. The summed E-state index contributed by atoms with van der Waals surface area (Å²) in [6, 6.07) is 6.25. The standard InChI is InChI=1S/C20H35N3O3/c1-16(2)15-25-12-9-22-20(21-4)23-14-18-8-7-17(3)13-19(18)26-11-6-10-24-5/h7-8,13,16H,6,9-12,14-15H2,1-5H3,(H2,21,22,23). The van der Waals surface area contributed by atoms with Crippen molar-refractivity contribution in [2.24, 2.45) is 10.9 Å². The van der Waals surface area contributed by atoms with E-state index in [1.807, 2.05) is 0 Å². The molecule has 0 heterocycles. The maximum atomic E-state index is 5.92. The van der Waals surface area contributed by atoms with Gasteiger partial charge in [0.2, 0.25) is 0 Å². The SMILES string of the molecule is CN=C(NCCOCC(C)C)NCc1ccc(C)cc1OCCCOC. The highest BCUT2D eigenvalue weighted by atomic mass is 16.5. The second-order valence-electron chi connectivity index (χ2n) is 6.63. The highest BCUT2D eigenvalue weighted by Gasteiger charge is 2.06. The maximum absolute atomic E-state index is 5.92. The lowest BCUT2D eigenvalue weighted by molar-refractivity contribution is 0.114. The van der Waals surface area contributed by atoms with Crippen LogP contribution in [0.15, 0.2) is 23.2 Å². The fraction of sp³-hybridized carbons (Fsp3) is 0.650. The molecule has 1 rings (SSSR count). The van der Waals surface area contributed by atoms with E-state index in [4.69, 9.17) is 14.2 Å². The van der Waals surface area contributed by atoms with E-state index in [1.165, 1.54) is 5.56 Å². The summed E-state index contributed by atoms with van der Waals surface area (Å²) in [6.45, 7) is 10.5. The van der Waals surface area contributed by atoms with Gasteiger partial charge in [-0.1, -0.05) is 26.0 Å². The number of hydrogen-bond donors (Lipinski definition) is 2. The lowest BCUT2D eigenvalue weighted by Crippen LogP contribution is -2.38. The normalized spacial score (nSPS) is 11.7. The Morgan fingerprint density at radius 2 is 1.96 bits per heavy atom. The van der Waals surface area contributed by atoms with E-state index in [2.05, 4.69) is 54.6 Å². The van der Waals surface area contributed by atoms with Crippen molar-refractivity contribution in [1.29, 1.82) is 0 Å². The zero-order valence-electron chi connectivity index (χ0n) is 16.9. The monoisotopic (exact) mass is 365 g/mol. The van der Waals surface area contributed by atoms with E-state index in [9.17, 15) is 0 Å². The lowest BCUT2D eigenvalue weighted by atomic mass is 10.1. The predicted molar refractivity (Wildman–Crippen MR) is 107 cm³/mol. The molecule has 6 nitrogen and oxygen atoms in total. The van der Waals surface area contributed by atoms with Gasteiger partial charge in [0.05, 0.1) is 13.2 Å². The van der Waals surface area contributed by atoms with E-state index < -0.39 is 0 Å². The molecule has 0 fully saturated rings. The van der Waals surface area contributed by atoms with Gasteiger partial charge in [-0.3, -0.25) is 4.99 Å². The van der Waals surface area contributed by atoms with Crippen LogP contribution in [-0.2, 0) is 16.0 Å². The van der Waals surface area contributed by atoms with Crippen molar-refractivity contribution in [3.8, 4) is 5.75 Å². The van der Waals surface area contributed by atoms with Crippen LogP contribution in [0, 0.1) is 12.8 Å². The first-order valence-electron chi connectivity index (χ1n) is 9.30. The van der Waals surface area contributed by atoms with E-state index in [-0.39, 0.29) is 0 Å². The number of benzene rings is 1. The number of aryl methyl sites for hydroxylation is 1. The highest BCUT2D eigenvalue weighted by molar-refractivity contribution is 5.79. The Hall–Kier alpha value is -1.79. The molecule has 0 aliphatic heterocycles. The average molecular weight is 366 g/mol. The second-order valence-corrected chi connectivity index (χ2v) is 6.63. The van der Waals surface area contributed by atoms with Gasteiger partial charge in [0.25, 0.3) is 0 Å². The molecule has 0 bridgehead atoms. The summed E-state index contributed by atoms with van der Waals surface area (Å²) in [5.74, 6) is 2.21. The fourth-order valence-electron chi connectivity index (χ4n) is 2.29. The molecule has 0 unspecified atom stereocenters. The Morgan fingerprint density at radius 3 is 2.65 bits per heavy atom. The molecular formula is C20H35N3O3. The molecule has 0 radical (unpaired) electrons. The highest BCUT2D eigenvalue weighted by Crippen LogP contribution is 2.20. The third kappa shape index (κ3) is 9.63. The fourth-order valence-corrected chi connectivity index (χ4v) is 2.29. The first-order valence-corrected chi connectivity index (χ1v) is 9.30. The third-order valence-corrected chi connectivity index (χ3v) is 3.63. The predicted octanol–water partition coefficient (Wildman–Crippen LogP) is 2.75. The number of guanidine groups is 1. The van der Waals surface area contributed by atoms with Gasteiger partial charge < -0.3 is 24.8 Å². The van der Waals surface area contributed by atoms with Crippen molar-refractivity contribution >= 4 is 5.96 Å². The number of aliphatic imine (C=N–C) groups is 1. The number of methoxy groups -OCH3 is 1. The molecule has 0 spiro atoms. The summed E-state index contributed by atoms with van der Waals surface area (Å²) in [4.78, 5) is 4.25. The molecule has 0 amide bonds. The van der Waals surface area contributed by atoms with E-state index in [0.29, 0.717) is 32.3 Å². The van der Waals surface area contributed by atoms with Gasteiger partial charge in [-0.2, -0.15) is 0 Å². The van der Waals surface area contributed by atoms with Crippen LogP contribution in [0.3, 0.4) is 0 Å². The van der Waals surface area contributed by atoms with Crippen LogP contribution in [0.4, 0.5) is 0 Å². The van der Waals surface area contributed by atoms with E-state index in [0.717, 1.165) is 36.8 Å². The molecule has 0 aliphatic carbocycles. The minimum Gasteiger partial charge on any atom is -0.493 e. The molecule has 6 heteroatoms. The smallest absolute Gasteiger partial charge is 0.191 e. The van der Waals surface area contributed by atoms with Crippen LogP contribution < -0.4 is 15.4 Å². The molecule has 26 heavy (non-hydrogen) atoms. The van der Waals surface area contributed by atoms with E-state index in [1.54, 1.807) is 14.2 Å². The average Bonchev–Trinajstić information content (AvgIpc) is 2.62. The Morgan fingerprint density at radius 1 is 1.15 bits per heavy atom. The van der Waals surface area contributed by atoms with Gasteiger partial charge in [-0.15, -0.1) is 0 Å². The van der Waals surface area contributed by atoms with Crippen molar-refractivity contribution in [1.82, 2.24) is 10.6 Å². The van der Waals surface area contributed by atoms with Gasteiger partial charge in [-0.25, -0.2) is 0 Å². The molecule has 2 N–H and O–H groups in total. The van der Waals surface area contributed by atoms with Crippen molar-refractivity contribution in [3.05, 3.63) is 29.3 Å². The Labute approximate surface area is 158 Å². The molecule has 1 aromatic rings. The summed E-state index contributed by atoms with van der Waals surface area (Å²) in [5.41, 5.74) is 2.28. The second kappa shape index (κ2) is 13.4. The molecule has 0 saturated heterocycles. The number of nitrogens with one attached hydrogen (secondary N) is 2. The molecule has 0 saturated carbocycles. The largest absolute Gasteiger partial charge is 0.493 e. The number of hydrogen-bond acceptors (Lipinski definition) is 4. The molecule has 0 aliphatic rings. The summed E-state index contributed by atoms with van der Waals surface area (Å²) in [6.07, 6.45) is 0.872. The topological polar surface area (TPSA) is 64.1 Å². The van der Waals surface area contributed by atoms with Crippen molar-refractivity contribution in [2.75, 3.05) is 47.1 Å². The van der Waals surface area contributed by atoms with Crippen LogP contribution in [-0.4, -0.2) is 53.1 Å². The first kappa shape index (κ1) is 22.3. The van der Waals surface area contributed by atoms with Crippen LogP contribution >= 0.6 is 0 Å². The number of rotatable bonds is 12. The molecule has 1 aromatic carbocycles.